The molecule has 0 saturated heterocycles. The predicted octanol–water partition coefficient (Wildman–Crippen LogP) is 2.72. The summed E-state index contributed by atoms with van der Waals surface area (Å²) in [7, 11) is 1.53. The molecule has 0 radical (unpaired) electrons. The molecular formula is C18H19ClN2O2. The molecule has 120 valence electrons. The number of carbonyl (C=O) groups is 2. The Bertz CT molecular complexity index is 674. The normalized spacial score (nSPS) is 11.6. The van der Waals surface area contributed by atoms with Crippen LogP contribution in [0.1, 0.15) is 23.5 Å². The first kappa shape index (κ1) is 17.0. The van der Waals surface area contributed by atoms with E-state index < -0.39 is 0 Å². The van der Waals surface area contributed by atoms with E-state index >= 15 is 0 Å². The second-order valence-electron chi connectivity index (χ2n) is 5.14. The van der Waals surface area contributed by atoms with Crippen LogP contribution in [-0.2, 0) is 9.59 Å². The minimum Gasteiger partial charge on any atom is -0.358 e. The third-order valence-corrected chi connectivity index (χ3v) is 3.94. The van der Waals surface area contributed by atoms with Crippen LogP contribution in [0, 0.1) is 0 Å². The second-order valence-corrected chi connectivity index (χ2v) is 5.55. The molecule has 1 unspecified atom stereocenters. The number of hydrogen-bond donors (Lipinski definition) is 2. The summed E-state index contributed by atoms with van der Waals surface area (Å²) in [6.45, 7) is -0.0284. The number of rotatable bonds is 6. The third-order valence-electron chi connectivity index (χ3n) is 3.60. The molecule has 2 amide bonds. The van der Waals surface area contributed by atoms with Gasteiger partial charge in [0.25, 0.3) is 0 Å². The van der Waals surface area contributed by atoms with Crippen molar-refractivity contribution in [1.82, 2.24) is 10.6 Å². The van der Waals surface area contributed by atoms with Gasteiger partial charge in [-0.1, -0.05) is 60.1 Å². The monoisotopic (exact) mass is 330 g/mol. The van der Waals surface area contributed by atoms with Gasteiger partial charge in [-0.25, -0.2) is 0 Å². The summed E-state index contributed by atoms with van der Waals surface area (Å²) in [5.74, 6) is -0.579. The number of carbonyl (C=O) groups excluding carboxylic acids is 2. The topological polar surface area (TPSA) is 58.2 Å². The maximum absolute atomic E-state index is 12.2. The van der Waals surface area contributed by atoms with Crippen molar-refractivity contribution in [2.24, 2.45) is 0 Å². The largest absolute Gasteiger partial charge is 0.358 e. The predicted molar refractivity (Wildman–Crippen MR) is 91.4 cm³/mol. The molecule has 4 nitrogen and oxygen atoms in total. The van der Waals surface area contributed by atoms with E-state index in [0.717, 1.165) is 11.1 Å². The molecule has 2 N–H and O–H groups in total. The Hall–Kier alpha value is -2.33. The molecule has 0 bridgehead atoms. The number of amides is 2. The van der Waals surface area contributed by atoms with Crippen molar-refractivity contribution in [3.05, 3.63) is 70.7 Å². The summed E-state index contributed by atoms with van der Waals surface area (Å²) in [4.78, 5) is 23.4. The first-order valence-electron chi connectivity index (χ1n) is 7.38. The van der Waals surface area contributed by atoms with Crippen LogP contribution < -0.4 is 10.6 Å². The molecule has 1 atom stereocenters. The van der Waals surface area contributed by atoms with Crippen molar-refractivity contribution in [2.75, 3.05) is 13.6 Å². The molecule has 2 rings (SSSR count). The van der Waals surface area contributed by atoms with Gasteiger partial charge in [0, 0.05) is 24.4 Å². The molecule has 0 spiro atoms. The van der Waals surface area contributed by atoms with Crippen molar-refractivity contribution in [3.8, 4) is 0 Å². The van der Waals surface area contributed by atoms with Crippen LogP contribution in [0.2, 0.25) is 5.02 Å². The Balaban J connectivity index is 2.20. The minimum absolute atomic E-state index is 0.0284. The maximum atomic E-state index is 12.2. The van der Waals surface area contributed by atoms with Gasteiger partial charge in [-0.15, -0.1) is 0 Å². The smallest absolute Gasteiger partial charge is 0.239 e. The Morgan fingerprint density at radius 1 is 1.00 bits per heavy atom. The highest BCUT2D eigenvalue weighted by Crippen LogP contribution is 2.32. The van der Waals surface area contributed by atoms with E-state index in [0.29, 0.717) is 5.02 Å². The van der Waals surface area contributed by atoms with Crippen LogP contribution in [0.5, 0.6) is 0 Å². The summed E-state index contributed by atoms with van der Waals surface area (Å²) in [5, 5.41) is 5.73. The number of likely N-dealkylation sites (N-methyl/N-ethyl adjacent to an activating group) is 1. The van der Waals surface area contributed by atoms with Crippen molar-refractivity contribution in [1.29, 1.82) is 0 Å². The molecule has 0 aliphatic heterocycles. The highest BCUT2D eigenvalue weighted by molar-refractivity contribution is 6.31. The van der Waals surface area contributed by atoms with E-state index in [2.05, 4.69) is 10.6 Å². The number of halogens is 1. The van der Waals surface area contributed by atoms with Crippen molar-refractivity contribution < 1.29 is 9.59 Å². The lowest BCUT2D eigenvalue weighted by Gasteiger charge is -2.19. The second kappa shape index (κ2) is 8.34. The third kappa shape index (κ3) is 4.83. The molecule has 0 aromatic heterocycles. The van der Waals surface area contributed by atoms with Gasteiger partial charge in [-0.3, -0.25) is 9.59 Å². The summed E-state index contributed by atoms with van der Waals surface area (Å²) in [5.41, 5.74) is 1.91. The van der Waals surface area contributed by atoms with Gasteiger partial charge in [-0.05, 0) is 17.2 Å². The van der Waals surface area contributed by atoms with Crippen LogP contribution in [0.4, 0.5) is 0 Å². The van der Waals surface area contributed by atoms with Gasteiger partial charge in [-0.2, -0.15) is 0 Å². The molecule has 0 saturated carbocycles. The van der Waals surface area contributed by atoms with Crippen molar-refractivity contribution >= 4 is 23.4 Å². The van der Waals surface area contributed by atoms with E-state index in [4.69, 9.17) is 11.6 Å². The zero-order valence-corrected chi connectivity index (χ0v) is 13.6. The molecular weight excluding hydrogens is 312 g/mol. The van der Waals surface area contributed by atoms with Gasteiger partial charge in [0.15, 0.2) is 0 Å². The molecule has 2 aromatic carbocycles. The number of benzene rings is 2. The van der Waals surface area contributed by atoms with Crippen LogP contribution in [-0.4, -0.2) is 25.4 Å². The first-order valence-corrected chi connectivity index (χ1v) is 7.76. The standard InChI is InChI=1S/C18H19ClN2O2/c1-20-18(23)12-21-17(22)11-15(13-7-3-2-4-8-13)14-9-5-6-10-16(14)19/h2-10,15H,11-12H2,1H3,(H,20,23)(H,21,22). The van der Waals surface area contributed by atoms with Gasteiger partial charge in [0.05, 0.1) is 6.54 Å². The average Bonchev–Trinajstić information content (AvgIpc) is 2.59. The lowest BCUT2D eigenvalue weighted by atomic mass is 9.88. The maximum Gasteiger partial charge on any atom is 0.239 e. The first-order chi connectivity index (χ1) is 11.1. The van der Waals surface area contributed by atoms with E-state index in [9.17, 15) is 9.59 Å². The van der Waals surface area contributed by atoms with Gasteiger partial charge in [0.1, 0.15) is 0 Å². The molecule has 2 aromatic rings. The molecule has 0 aliphatic rings. The van der Waals surface area contributed by atoms with Gasteiger partial charge in [0.2, 0.25) is 11.8 Å². The van der Waals surface area contributed by atoms with Crippen LogP contribution in [0.25, 0.3) is 0 Å². The number of hydrogen-bond acceptors (Lipinski definition) is 2. The van der Waals surface area contributed by atoms with Gasteiger partial charge < -0.3 is 10.6 Å². The molecule has 0 fully saturated rings. The Morgan fingerprint density at radius 2 is 1.65 bits per heavy atom. The van der Waals surface area contributed by atoms with E-state index in [1.54, 1.807) is 0 Å². The number of nitrogens with one attached hydrogen (secondary N) is 2. The Kier molecular flexibility index (Phi) is 6.18. The molecule has 0 aliphatic carbocycles. The average molecular weight is 331 g/mol. The van der Waals surface area contributed by atoms with E-state index in [1.165, 1.54) is 7.05 Å². The zero-order valence-electron chi connectivity index (χ0n) is 12.9. The Labute approximate surface area is 140 Å². The fourth-order valence-electron chi connectivity index (χ4n) is 2.38. The highest BCUT2D eigenvalue weighted by atomic mass is 35.5. The lowest BCUT2D eigenvalue weighted by molar-refractivity contribution is -0.126. The molecule has 0 heterocycles. The van der Waals surface area contributed by atoms with E-state index in [-0.39, 0.29) is 30.7 Å². The lowest BCUT2D eigenvalue weighted by Crippen LogP contribution is -2.35. The SMILES string of the molecule is CNC(=O)CNC(=O)CC(c1ccccc1)c1ccccc1Cl. The fourth-order valence-corrected chi connectivity index (χ4v) is 2.64. The van der Waals surface area contributed by atoms with E-state index in [1.807, 2.05) is 54.6 Å². The summed E-state index contributed by atoms with van der Waals surface area (Å²) < 4.78 is 0. The van der Waals surface area contributed by atoms with Crippen molar-refractivity contribution in [2.45, 2.75) is 12.3 Å². The minimum atomic E-state index is -0.229. The highest BCUT2D eigenvalue weighted by Gasteiger charge is 2.20. The quantitative estimate of drug-likeness (QED) is 0.855. The molecule has 5 heteroatoms. The van der Waals surface area contributed by atoms with Crippen LogP contribution in [0.3, 0.4) is 0 Å². The van der Waals surface area contributed by atoms with Crippen molar-refractivity contribution in [3.63, 3.8) is 0 Å². The van der Waals surface area contributed by atoms with Crippen LogP contribution in [0.15, 0.2) is 54.6 Å². The van der Waals surface area contributed by atoms with Crippen LogP contribution >= 0.6 is 11.6 Å². The summed E-state index contributed by atoms with van der Waals surface area (Å²) >= 11 is 6.31. The fraction of sp³-hybridized carbons (Fsp3) is 0.222. The zero-order chi connectivity index (χ0) is 16.7. The van der Waals surface area contributed by atoms with Gasteiger partial charge >= 0.3 is 0 Å². The summed E-state index contributed by atoms with van der Waals surface area (Å²) in [6.07, 6.45) is 0.227. The summed E-state index contributed by atoms with van der Waals surface area (Å²) in [6, 6.07) is 17.2. The Morgan fingerprint density at radius 3 is 2.30 bits per heavy atom. The molecule has 23 heavy (non-hydrogen) atoms.